The summed E-state index contributed by atoms with van der Waals surface area (Å²) in [6.45, 7) is 4.03. The van der Waals surface area contributed by atoms with E-state index in [9.17, 15) is 19.8 Å². The molecular weight excluding hydrogens is 306 g/mol. The maximum absolute atomic E-state index is 11.8. The fourth-order valence-electron chi connectivity index (χ4n) is 2.04. The lowest BCUT2D eigenvalue weighted by Gasteiger charge is -2.07. The monoisotopic (exact) mass is 331 g/mol. The number of Topliss-reactive ketones (excluding diaryl/α,β-unsaturated/α-hetero) is 1. The number of allylic oxidation sites excluding steroid dienone is 9. The Balaban J connectivity index is 2.42. The minimum atomic E-state index is -0.960. The van der Waals surface area contributed by atoms with Crippen LogP contribution >= 0.6 is 0 Å². The number of carbonyl (C=O) groups is 2. The lowest BCUT2D eigenvalue weighted by molar-refractivity contribution is -0.124. The fourth-order valence-corrected chi connectivity index (χ4v) is 2.04. The van der Waals surface area contributed by atoms with Crippen LogP contribution in [0.5, 0.6) is 0 Å². The van der Waals surface area contributed by atoms with E-state index >= 15 is 0 Å². The number of aliphatic hydroxyl groups excluding tert-OH is 2. The van der Waals surface area contributed by atoms with E-state index < -0.39 is 12.0 Å². The second-order valence-corrected chi connectivity index (χ2v) is 5.56. The molecule has 24 heavy (non-hydrogen) atoms. The van der Waals surface area contributed by atoms with Crippen LogP contribution in [0.15, 0.2) is 59.6 Å². The molecule has 1 amide bonds. The summed E-state index contributed by atoms with van der Waals surface area (Å²) in [7, 11) is 0. The van der Waals surface area contributed by atoms with Crippen molar-refractivity contribution in [3.8, 4) is 0 Å². The molecule has 0 spiro atoms. The molecule has 0 saturated heterocycles. The van der Waals surface area contributed by atoms with Gasteiger partial charge in [0.1, 0.15) is 11.5 Å². The number of carbonyl (C=O) groups excluding carboxylic acids is 2. The van der Waals surface area contributed by atoms with Crippen molar-refractivity contribution < 1.29 is 19.8 Å². The molecular formula is C19H25NO4. The first-order chi connectivity index (χ1) is 11.4. The molecule has 0 radical (unpaired) electrons. The van der Waals surface area contributed by atoms with Crippen LogP contribution in [-0.4, -0.2) is 28.0 Å². The van der Waals surface area contributed by atoms with Crippen molar-refractivity contribution in [2.45, 2.75) is 45.6 Å². The summed E-state index contributed by atoms with van der Waals surface area (Å²) >= 11 is 0. The van der Waals surface area contributed by atoms with E-state index in [0.717, 1.165) is 12.0 Å². The second kappa shape index (κ2) is 10.4. The quantitative estimate of drug-likeness (QED) is 0.597. The Morgan fingerprint density at radius 3 is 2.67 bits per heavy atom. The Morgan fingerprint density at radius 2 is 2.04 bits per heavy atom. The van der Waals surface area contributed by atoms with E-state index in [4.69, 9.17) is 0 Å². The van der Waals surface area contributed by atoms with E-state index in [1.165, 1.54) is 6.08 Å². The second-order valence-electron chi connectivity index (χ2n) is 5.56. The largest absolute Gasteiger partial charge is 0.510 e. The van der Waals surface area contributed by atoms with Crippen molar-refractivity contribution in [2.75, 3.05) is 0 Å². The molecule has 0 aromatic rings. The third-order valence-electron chi connectivity index (χ3n) is 3.35. The summed E-state index contributed by atoms with van der Waals surface area (Å²) in [6.07, 6.45) is 13.2. The highest BCUT2D eigenvalue weighted by Crippen LogP contribution is 2.18. The zero-order chi connectivity index (χ0) is 17.9. The Hall–Kier alpha value is -2.40. The van der Waals surface area contributed by atoms with Crippen LogP contribution in [0.25, 0.3) is 0 Å². The number of amides is 1. The van der Waals surface area contributed by atoms with Gasteiger partial charge in [0.2, 0.25) is 5.91 Å². The summed E-state index contributed by atoms with van der Waals surface area (Å²) in [5, 5.41) is 21.6. The fraction of sp³-hybridized carbons (Fsp3) is 0.368. The van der Waals surface area contributed by atoms with Gasteiger partial charge in [0.25, 0.3) is 0 Å². The first-order valence-corrected chi connectivity index (χ1v) is 8.05. The van der Waals surface area contributed by atoms with Crippen LogP contribution in [-0.2, 0) is 9.59 Å². The van der Waals surface area contributed by atoms with Gasteiger partial charge in [-0.1, -0.05) is 55.0 Å². The maximum Gasteiger partial charge on any atom is 0.227 e. The Kier molecular flexibility index (Phi) is 8.50. The first-order valence-electron chi connectivity index (χ1n) is 8.05. The predicted molar refractivity (Wildman–Crippen MR) is 94.1 cm³/mol. The molecule has 5 nitrogen and oxygen atoms in total. The van der Waals surface area contributed by atoms with Crippen LogP contribution in [0.1, 0.15) is 39.5 Å². The molecule has 0 unspecified atom stereocenters. The van der Waals surface area contributed by atoms with Gasteiger partial charge in [-0.3, -0.25) is 9.59 Å². The zero-order valence-corrected chi connectivity index (χ0v) is 14.2. The SMILES string of the molecule is CC/C=C/C=C(C)/C=C/C=C\[C@H](O)CC(=O)NC1=C(O)CCC1=O. The van der Waals surface area contributed by atoms with E-state index in [0.29, 0.717) is 0 Å². The van der Waals surface area contributed by atoms with Gasteiger partial charge in [0.15, 0.2) is 5.78 Å². The minimum absolute atomic E-state index is 0.0445. The maximum atomic E-state index is 11.8. The summed E-state index contributed by atoms with van der Waals surface area (Å²) < 4.78 is 0. The van der Waals surface area contributed by atoms with Gasteiger partial charge in [-0.2, -0.15) is 0 Å². The van der Waals surface area contributed by atoms with Gasteiger partial charge in [0.05, 0.1) is 12.5 Å². The summed E-state index contributed by atoms with van der Waals surface area (Å²) in [5.41, 5.74) is 1.02. The average Bonchev–Trinajstić information content (AvgIpc) is 2.83. The van der Waals surface area contributed by atoms with Gasteiger partial charge in [-0.25, -0.2) is 0 Å². The zero-order valence-electron chi connectivity index (χ0n) is 14.2. The molecule has 0 aliphatic heterocycles. The van der Waals surface area contributed by atoms with E-state index in [1.807, 2.05) is 25.2 Å². The summed E-state index contributed by atoms with van der Waals surface area (Å²) in [6, 6.07) is 0. The number of aliphatic hydroxyl groups is 2. The Morgan fingerprint density at radius 1 is 1.29 bits per heavy atom. The highest BCUT2D eigenvalue weighted by atomic mass is 16.3. The summed E-state index contributed by atoms with van der Waals surface area (Å²) in [4.78, 5) is 23.2. The minimum Gasteiger partial charge on any atom is -0.510 e. The highest BCUT2D eigenvalue weighted by Gasteiger charge is 2.24. The molecule has 0 heterocycles. The molecule has 5 heteroatoms. The van der Waals surface area contributed by atoms with Crippen molar-refractivity contribution in [2.24, 2.45) is 0 Å². The van der Waals surface area contributed by atoms with E-state index in [2.05, 4.69) is 18.3 Å². The molecule has 3 N–H and O–H groups in total. The van der Waals surface area contributed by atoms with Gasteiger partial charge < -0.3 is 15.5 Å². The lowest BCUT2D eigenvalue weighted by atomic mass is 10.2. The smallest absolute Gasteiger partial charge is 0.227 e. The number of hydrogen-bond acceptors (Lipinski definition) is 4. The highest BCUT2D eigenvalue weighted by molar-refractivity contribution is 6.01. The predicted octanol–water partition coefficient (Wildman–Crippen LogP) is 3.01. The molecule has 0 aromatic heterocycles. The molecule has 1 rings (SSSR count). The van der Waals surface area contributed by atoms with E-state index in [1.54, 1.807) is 12.2 Å². The molecule has 1 aliphatic carbocycles. The first kappa shape index (κ1) is 19.6. The topological polar surface area (TPSA) is 86.6 Å². The van der Waals surface area contributed by atoms with Crippen LogP contribution in [0.2, 0.25) is 0 Å². The third kappa shape index (κ3) is 7.24. The van der Waals surface area contributed by atoms with Crippen molar-refractivity contribution in [3.05, 3.63) is 59.6 Å². The van der Waals surface area contributed by atoms with Crippen LogP contribution < -0.4 is 5.32 Å². The van der Waals surface area contributed by atoms with Crippen LogP contribution in [0, 0.1) is 0 Å². The van der Waals surface area contributed by atoms with Crippen molar-refractivity contribution in [3.63, 3.8) is 0 Å². The standard InChI is InChI=1S/C19H25NO4/c1-3-4-5-8-14(2)9-6-7-10-15(21)13-18(24)20-19-16(22)11-12-17(19)23/h4-10,15,21-22H,3,11-13H2,1-2H3,(H,20,24)/b5-4+,9-6+,10-7-,14-8+/t15-/m0/s1. The normalized spacial score (nSPS) is 17.6. The Bertz CT molecular complexity index is 609. The van der Waals surface area contributed by atoms with Crippen molar-refractivity contribution in [1.82, 2.24) is 5.32 Å². The molecule has 130 valence electrons. The average molecular weight is 331 g/mol. The number of rotatable bonds is 8. The number of hydrogen-bond donors (Lipinski definition) is 3. The van der Waals surface area contributed by atoms with Gasteiger partial charge in [-0.05, 0) is 13.3 Å². The third-order valence-corrected chi connectivity index (χ3v) is 3.35. The molecule has 0 fully saturated rings. The Labute approximate surface area is 142 Å². The summed E-state index contributed by atoms with van der Waals surface area (Å²) in [5.74, 6) is -0.886. The lowest BCUT2D eigenvalue weighted by Crippen LogP contribution is -2.29. The number of ketones is 1. The van der Waals surface area contributed by atoms with E-state index in [-0.39, 0.29) is 36.5 Å². The van der Waals surface area contributed by atoms with Crippen molar-refractivity contribution in [1.29, 1.82) is 0 Å². The number of nitrogens with one attached hydrogen (secondary N) is 1. The molecule has 1 aliphatic rings. The molecule has 0 aromatic carbocycles. The van der Waals surface area contributed by atoms with Gasteiger partial charge in [-0.15, -0.1) is 0 Å². The molecule has 1 atom stereocenters. The van der Waals surface area contributed by atoms with Crippen LogP contribution in [0.3, 0.4) is 0 Å². The molecule has 0 saturated carbocycles. The van der Waals surface area contributed by atoms with Gasteiger partial charge >= 0.3 is 0 Å². The molecule has 0 bridgehead atoms. The van der Waals surface area contributed by atoms with Gasteiger partial charge in [0, 0.05) is 12.8 Å². The van der Waals surface area contributed by atoms with Crippen LogP contribution in [0.4, 0.5) is 0 Å². The van der Waals surface area contributed by atoms with Crippen molar-refractivity contribution >= 4 is 11.7 Å².